The molecule has 1 unspecified atom stereocenters. The summed E-state index contributed by atoms with van der Waals surface area (Å²) in [6.45, 7) is 0.887. The van der Waals surface area contributed by atoms with Gasteiger partial charge in [-0.1, -0.05) is 24.3 Å². The molecule has 1 N–H and O–H groups in total. The van der Waals surface area contributed by atoms with Crippen molar-refractivity contribution in [3.05, 3.63) is 42.1 Å². The van der Waals surface area contributed by atoms with Crippen molar-refractivity contribution in [1.29, 1.82) is 0 Å². The van der Waals surface area contributed by atoms with Gasteiger partial charge in [-0.2, -0.15) is 0 Å². The smallest absolute Gasteiger partial charge is 0.272 e. The number of hydrogen-bond acceptors (Lipinski definition) is 3. The number of carbonyl (C=O) groups is 1. The lowest BCUT2D eigenvalue weighted by molar-refractivity contribution is 0.0569. The Hall–Kier alpha value is -1.94. The summed E-state index contributed by atoms with van der Waals surface area (Å²) in [6.07, 6.45) is 3.78. The van der Waals surface area contributed by atoms with Crippen LogP contribution in [0.25, 0.3) is 10.9 Å². The van der Waals surface area contributed by atoms with Crippen LogP contribution in [0, 0.1) is 0 Å². The van der Waals surface area contributed by atoms with Crippen LogP contribution in [-0.2, 0) is 0 Å². The zero-order valence-corrected chi connectivity index (χ0v) is 12.0. The van der Waals surface area contributed by atoms with Crippen molar-refractivity contribution < 1.29 is 9.90 Å². The molecule has 1 aliphatic heterocycles. The van der Waals surface area contributed by atoms with Crippen molar-refractivity contribution in [2.75, 3.05) is 13.2 Å². The van der Waals surface area contributed by atoms with Gasteiger partial charge in [0.1, 0.15) is 5.69 Å². The third-order valence-corrected chi connectivity index (χ3v) is 4.17. The quantitative estimate of drug-likeness (QED) is 0.942. The van der Waals surface area contributed by atoms with Gasteiger partial charge in [-0.25, -0.2) is 4.98 Å². The minimum atomic E-state index is -0.0149. The molecular weight excluding hydrogens is 264 g/mol. The van der Waals surface area contributed by atoms with Crippen LogP contribution < -0.4 is 0 Å². The largest absolute Gasteiger partial charge is 0.396 e. The number of carbonyl (C=O) groups excluding carboxylic acids is 1. The number of likely N-dealkylation sites (tertiary alicyclic amines) is 1. The van der Waals surface area contributed by atoms with Crippen molar-refractivity contribution in [2.45, 2.75) is 31.7 Å². The minimum Gasteiger partial charge on any atom is -0.396 e. The number of fused-ring (bicyclic) bond motifs is 1. The van der Waals surface area contributed by atoms with E-state index in [2.05, 4.69) is 4.98 Å². The van der Waals surface area contributed by atoms with E-state index in [1.165, 1.54) is 0 Å². The zero-order chi connectivity index (χ0) is 14.7. The number of piperidine rings is 1. The Morgan fingerprint density at radius 1 is 1.24 bits per heavy atom. The number of amides is 1. The van der Waals surface area contributed by atoms with Gasteiger partial charge in [0.15, 0.2) is 0 Å². The first-order valence-electron chi connectivity index (χ1n) is 7.57. The molecule has 1 aromatic carbocycles. The standard InChI is InChI=1S/C17H20N2O2/c20-12-10-14-6-3-4-11-19(14)17(21)16-9-8-13-5-1-2-7-15(13)18-16/h1-2,5,7-9,14,20H,3-4,6,10-12H2. The molecule has 2 aromatic rings. The highest BCUT2D eigenvalue weighted by molar-refractivity contribution is 5.95. The fourth-order valence-corrected chi connectivity index (χ4v) is 3.05. The van der Waals surface area contributed by atoms with Crippen LogP contribution in [0.1, 0.15) is 36.2 Å². The highest BCUT2D eigenvalue weighted by Crippen LogP contribution is 2.22. The van der Waals surface area contributed by atoms with Crippen molar-refractivity contribution in [1.82, 2.24) is 9.88 Å². The van der Waals surface area contributed by atoms with Gasteiger partial charge in [0.05, 0.1) is 5.52 Å². The molecule has 1 aromatic heterocycles. The highest BCUT2D eigenvalue weighted by Gasteiger charge is 2.27. The molecule has 1 atom stereocenters. The molecule has 0 bridgehead atoms. The van der Waals surface area contributed by atoms with Gasteiger partial charge in [-0.05, 0) is 37.8 Å². The second kappa shape index (κ2) is 6.22. The number of hydrogen-bond donors (Lipinski definition) is 1. The number of nitrogens with zero attached hydrogens (tertiary/aromatic N) is 2. The average Bonchev–Trinajstić information content (AvgIpc) is 2.54. The van der Waals surface area contributed by atoms with E-state index >= 15 is 0 Å². The summed E-state index contributed by atoms with van der Waals surface area (Å²) in [7, 11) is 0. The summed E-state index contributed by atoms with van der Waals surface area (Å²) in [6, 6.07) is 11.7. The van der Waals surface area contributed by atoms with Crippen LogP contribution in [-0.4, -0.2) is 40.1 Å². The van der Waals surface area contributed by atoms with Crippen LogP contribution in [0.5, 0.6) is 0 Å². The van der Waals surface area contributed by atoms with Crippen molar-refractivity contribution >= 4 is 16.8 Å². The number of pyridine rings is 1. The van der Waals surface area contributed by atoms with E-state index < -0.39 is 0 Å². The Labute approximate surface area is 124 Å². The molecule has 1 fully saturated rings. The zero-order valence-electron chi connectivity index (χ0n) is 12.0. The summed E-state index contributed by atoms with van der Waals surface area (Å²) in [5, 5.41) is 10.2. The number of aromatic nitrogens is 1. The second-order valence-electron chi connectivity index (χ2n) is 5.55. The Kier molecular flexibility index (Phi) is 4.15. The SMILES string of the molecule is O=C(c1ccc2ccccc2n1)N1CCCCC1CCO. The Bertz CT molecular complexity index is 639. The van der Waals surface area contributed by atoms with Gasteiger partial charge < -0.3 is 10.0 Å². The maximum absolute atomic E-state index is 12.7. The average molecular weight is 284 g/mol. The lowest BCUT2D eigenvalue weighted by atomic mass is 9.99. The molecule has 4 heteroatoms. The van der Waals surface area contributed by atoms with Gasteiger partial charge in [0.2, 0.25) is 0 Å². The van der Waals surface area contributed by atoms with E-state index in [4.69, 9.17) is 0 Å². The lowest BCUT2D eigenvalue weighted by Gasteiger charge is -2.35. The monoisotopic (exact) mass is 284 g/mol. The van der Waals surface area contributed by atoms with Crippen LogP contribution in [0.15, 0.2) is 36.4 Å². The molecule has 3 rings (SSSR count). The molecule has 1 saturated heterocycles. The van der Waals surface area contributed by atoms with Crippen LogP contribution in [0.3, 0.4) is 0 Å². The minimum absolute atomic E-state index is 0.0149. The lowest BCUT2D eigenvalue weighted by Crippen LogP contribution is -2.44. The van der Waals surface area contributed by atoms with E-state index in [1.807, 2.05) is 35.2 Å². The summed E-state index contributed by atoms with van der Waals surface area (Å²) in [5.41, 5.74) is 1.35. The fraction of sp³-hybridized carbons (Fsp3) is 0.412. The molecule has 0 saturated carbocycles. The van der Waals surface area contributed by atoms with E-state index in [0.717, 1.165) is 36.7 Å². The first kappa shape index (κ1) is 14.0. The third-order valence-electron chi connectivity index (χ3n) is 4.17. The molecule has 110 valence electrons. The van der Waals surface area contributed by atoms with E-state index in [-0.39, 0.29) is 18.6 Å². The van der Waals surface area contributed by atoms with E-state index in [0.29, 0.717) is 12.1 Å². The van der Waals surface area contributed by atoms with Gasteiger partial charge in [0.25, 0.3) is 5.91 Å². The maximum Gasteiger partial charge on any atom is 0.272 e. The van der Waals surface area contributed by atoms with Gasteiger partial charge >= 0.3 is 0 Å². The summed E-state index contributed by atoms with van der Waals surface area (Å²) in [4.78, 5) is 19.1. The fourth-order valence-electron chi connectivity index (χ4n) is 3.05. The number of aliphatic hydroxyl groups excluding tert-OH is 1. The molecule has 1 amide bonds. The molecule has 0 aliphatic carbocycles. The number of aliphatic hydroxyl groups is 1. The molecule has 2 heterocycles. The Balaban J connectivity index is 1.87. The number of benzene rings is 1. The number of para-hydroxylation sites is 1. The van der Waals surface area contributed by atoms with Crippen LogP contribution in [0.4, 0.5) is 0 Å². The van der Waals surface area contributed by atoms with Gasteiger partial charge in [0, 0.05) is 24.6 Å². The highest BCUT2D eigenvalue weighted by atomic mass is 16.3. The molecule has 21 heavy (non-hydrogen) atoms. The van der Waals surface area contributed by atoms with Gasteiger partial charge in [-0.3, -0.25) is 4.79 Å². The van der Waals surface area contributed by atoms with Crippen LogP contribution in [0.2, 0.25) is 0 Å². The molecule has 0 radical (unpaired) electrons. The van der Waals surface area contributed by atoms with E-state index in [1.54, 1.807) is 6.07 Å². The molecular formula is C17H20N2O2. The maximum atomic E-state index is 12.7. The topological polar surface area (TPSA) is 53.4 Å². The Morgan fingerprint density at radius 3 is 2.95 bits per heavy atom. The van der Waals surface area contributed by atoms with Crippen LogP contribution >= 0.6 is 0 Å². The number of rotatable bonds is 3. The molecule has 1 aliphatic rings. The normalized spacial score (nSPS) is 18.9. The molecule has 4 nitrogen and oxygen atoms in total. The predicted octanol–water partition coefficient (Wildman–Crippen LogP) is 2.61. The Morgan fingerprint density at radius 2 is 2.10 bits per heavy atom. The van der Waals surface area contributed by atoms with Crippen molar-refractivity contribution in [2.24, 2.45) is 0 Å². The van der Waals surface area contributed by atoms with Gasteiger partial charge in [-0.15, -0.1) is 0 Å². The molecule has 0 spiro atoms. The first-order chi connectivity index (χ1) is 10.3. The predicted molar refractivity (Wildman–Crippen MR) is 82.1 cm³/mol. The summed E-state index contributed by atoms with van der Waals surface area (Å²) in [5.74, 6) is -0.0149. The summed E-state index contributed by atoms with van der Waals surface area (Å²) < 4.78 is 0. The van der Waals surface area contributed by atoms with E-state index in [9.17, 15) is 9.90 Å². The first-order valence-corrected chi connectivity index (χ1v) is 7.57. The summed E-state index contributed by atoms with van der Waals surface area (Å²) >= 11 is 0. The third kappa shape index (κ3) is 2.90. The second-order valence-corrected chi connectivity index (χ2v) is 5.55. The van der Waals surface area contributed by atoms with Crippen molar-refractivity contribution in [3.63, 3.8) is 0 Å². The van der Waals surface area contributed by atoms with Crippen molar-refractivity contribution in [3.8, 4) is 0 Å².